The Morgan fingerprint density at radius 2 is 1.87 bits per heavy atom. The summed E-state index contributed by atoms with van der Waals surface area (Å²) in [6, 6.07) is 2.88. The van der Waals surface area contributed by atoms with Crippen LogP contribution in [0.1, 0.15) is 36.8 Å². The van der Waals surface area contributed by atoms with Crippen molar-refractivity contribution in [3.05, 3.63) is 53.5 Å². The molecule has 1 saturated carbocycles. The molecule has 2 aromatic heterocycles. The van der Waals surface area contributed by atoms with Crippen LogP contribution in [0.4, 0.5) is 14.5 Å². The van der Waals surface area contributed by atoms with Gasteiger partial charge in [0, 0.05) is 30.1 Å². The largest absolute Gasteiger partial charge is 0.493 e. The van der Waals surface area contributed by atoms with E-state index < -0.39 is 33.5 Å². The molecule has 0 bridgehead atoms. The molecule has 0 radical (unpaired) electrons. The van der Waals surface area contributed by atoms with Gasteiger partial charge in [0.05, 0.1) is 50.4 Å². The molecule has 4 heterocycles. The van der Waals surface area contributed by atoms with Gasteiger partial charge in [0.25, 0.3) is 0 Å². The lowest BCUT2D eigenvalue weighted by Crippen LogP contribution is -2.45. The lowest BCUT2D eigenvalue weighted by molar-refractivity contribution is -0.121. The zero-order valence-electron chi connectivity index (χ0n) is 21.5. The van der Waals surface area contributed by atoms with Crippen molar-refractivity contribution in [3.8, 4) is 22.8 Å². The second kappa shape index (κ2) is 9.44. The van der Waals surface area contributed by atoms with Crippen molar-refractivity contribution < 1.29 is 32.2 Å². The van der Waals surface area contributed by atoms with Crippen LogP contribution in [0.5, 0.6) is 11.5 Å². The number of halogens is 2. The fourth-order valence-corrected chi connectivity index (χ4v) is 7.01. The summed E-state index contributed by atoms with van der Waals surface area (Å²) in [6.45, 7) is 0.422. The molecule has 39 heavy (non-hydrogen) atoms. The van der Waals surface area contributed by atoms with E-state index in [2.05, 4.69) is 14.8 Å². The van der Waals surface area contributed by atoms with Crippen molar-refractivity contribution in [1.82, 2.24) is 19.5 Å². The maximum atomic E-state index is 15.3. The van der Waals surface area contributed by atoms with Gasteiger partial charge in [-0.1, -0.05) is 0 Å². The number of pyridine rings is 1. The monoisotopic (exact) mass is 561 g/mol. The fraction of sp³-hybridized carbons (Fsp3) is 0.423. The highest BCUT2D eigenvalue weighted by Gasteiger charge is 2.57. The average Bonchev–Trinajstić information content (AvgIpc) is 3.57. The van der Waals surface area contributed by atoms with Gasteiger partial charge in [0.2, 0.25) is 5.91 Å². The highest BCUT2D eigenvalue weighted by atomic mass is 32.3. The minimum Gasteiger partial charge on any atom is -0.493 e. The Hall–Kier alpha value is -3.26. The van der Waals surface area contributed by atoms with Crippen molar-refractivity contribution in [1.29, 1.82) is 0 Å². The van der Waals surface area contributed by atoms with Gasteiger partial charge in [-0.3, -0.25) is 23.6 Å². The van der Waals surface area contributed by atoms with E-state index in [1.165, 1.54) is 14.2 Å². The number of carbonyl (C=O) groups excluding carboxylic acids is 1. The van der Waals surface area contributed by atoms with Gasteiger partial charge < -0.3 is 14.4 Å². The number of rotatable bonds is 6. The highest BCUT2D eigenvalue weighted by Crippen LogP contribution is 2.55. The first-order valence-corrected chi connectivity index (χ1v) is 14.3. The predicted molar refractivity (Wildman–Crippen MR) is 141 cm³/mol. The lowest BCUT2D eigenvalue weighted by Gasteiger charge is -2.41. The first-order chi connectivity index (χ1) is 18.7. The fourth-order valence-electron chi connectivity index (χ4n) is 5.59. The van der Waals surface area contributed by atoms with E-state index in [1.807, 2.05) is 12.3 Å². The summed E-state index contributed by atoms with van der Waals surface area (Å²) in [5, 5.41) is 4.42. The molecule has 3 aliphatic rings. The molecule has 208 valence electrons. The van der Waals surface area contributed by atoms with E-state index >= 15 is 8.78 Å². The summed E-state index contributed by atoms with van der Waals surface area (Å²) in [6.07, 6.45) is 7.81. The molecule has 1 aromatic carbocycles. The third-order valence-electron chi connectivity index (χ3n) is 7.73. The average molecular weight is 562 g/mol. The number of fused-ring (bicyclic) bond motifs is 2. The Kier molecular flexibility index (Phi) is 6.29. The molecule has 3 N–H and O–H groups in total. The van der Waals surface area contributed by atoms with Gasteiger partial charge in [-0.25, -0.2) is 13.5 Å². The van der Waals surface area contributed by atoms with Crippen LogP contribution >= 0.6 is 10.8 Å². The Morgan fingerprint density at radius 3 is 2.51 bits per heavy atom. The number of nitrogens with zero attached hydrogens (tertiary/aromatic N) is 4. The number of carbonyl (C=O) groups is 1. The summed E-state index contributed by atoms with van der Waals surface area (Å²) in [7, 11) is -0.226. The third-order valence-corrected chi connectivity index (χ3v) is 9.30. The maximum absolute atomic E-state index is 15.3. The van der Waals surface area contributed by atoms with Gasteiger partial charge in [0.1, 0.15) is 5.69 Å². The number of amides is 1. The molecule has 1 unspecified atom stereocenters. The van der Waals surface area contributed by atoms with Crippen molar-refractivity contribution >= 4 is 22.4 Å². The Bertz CT molecular complexity index is 1430. The Balaban J connectivity index is 1.30. The molecule has 6 rings (SSSR count). The van der Waals surface area contributed by atoms with Crippen LogP contribution in [0, 0.1) is 11.6 Å². The van der Waals surface area contributed by atoms with Crippen molar-refractivity contribution in [2.45, 2.75) is 50.2 Å². The van der Waals surface area contributed by atoms with Crippen LogP contribution in [0.25, 0.3) is 11.3 Å². The van der Waals surface area contributed by atoms with Crippen LogP contribution in [0.3, 0.4) is 0 Å². The van der Waals surface area contributed by atoms with E-state index in [9.17, 15) is 13.9 Å². The molecule has 1 saturated heterocycles. The molecule has 1 atom stereocenters. The number of hydrogen-bond donors (Lipinski definition) is 3. The molecular weight excluding hydrogens is 532 g/mol. The van der Waals surface area contributed by atoms with Crippen molar-refractivity contribution in [2.75, 3.05) is 24.9 Å². The number of anilines is 1. The van der Waals surface area contributed by atoms with E-state index in [0.29, 0.717) is 36.4 Å². The number of aromatic nitrogens is 3. The third kappa shape index (κ3) is 4.42. The van der Waals surface area contributed by atoms with Gasteiger partial charge in [0.15, 0.2) is 23.1 Å². The molecule has 2 fully saturated rings. The van der Waals surface area contributed by atoms with Crippen LogP contribution in [-0.4, -0.2) is 55.8 Å². The van der Waals surface area contributed by atoms with E-state index in [0.717, 1.165) is 34.9 Å². The van der Waals surface area contributed by atoms with E-state index in [1.54, 1.807) is 17.1 Å². The second-order valence-electron chi connectivity index (χ2n) is 10.2. The lowest BCUT2D eigenvalue weighted by atomic mass is 9.86. The quantitative estimate of drug-likeness (QED) is 0.409. The first kappa shape index (κ1) is 26.0. The molecule has 1 amide bonds. The summed E-state index contributed by atoms with van der Waals surface area (Å²) >= 11 is 0. The smallest absolute Gasteiger partial charge is 0.238 e. The highest BCUT2D eigenvalue weighted by molar-refractivity contribution is 8.22. The van der Waals surface area contributed by atoms with Gasteiger partial charge >= 0.3 is 0 Å². The van der Waals surface area contributed by atoms with Gasteiger partial charge in [-0.05, 0) is 42.9 Å². The number of hydrogen-bond acceptors (Lipinski definition) is 8. The molecule has 13 heteroatoms. The van der Waals surface area contributed by atoms with Crippen LogP contribution in [0.2, 0.25) is 0 Å². The van der Waals surface area contributed by atoms with Gasteiger partial charge in [-0.15, -0.1) is 10.8 Å². The zero-order chi connectivity index (χ0) is 27.5. The second-order valence-corrected chi connectivity index (χ2v) is 12.2. The number of methoxy groups -OCH3 is 2. The molecular formula is C26H29F2N5O5S. The van der Waals surface area contributed by atoms with Crippen LogP contribution in [-0.2, 0) is 23.3 Å². The standard InChI is InChI=1S/C26H29F2N5O5S/c1-37-20-9-21(38-2)23(28)24(22(20)27)33-13-15-10-29-19(8-18(15)26(5-6-26)25(33)34)16-11-30-32(12-16)14-17-4-3-7-39(35,36)31-17/h8-12,17,31,35-36H,3-7,13-14H2,1-2H3. The SMILES string of the molecule is COc1cc(OC)c(F)c(N2Cc3cnc(-c4cnn(CC5CCCS(O)(O)N5)c4)cc3C3(CC3)C2=O)c1F. The zero-order valence-corrected chi connectivity index (χ0v) is 22.3. The first-order valence-electron chi connectivity index (χ1n) is 12.6. The van der Waals surface area contributed by atoms with Crippen LogP contribution in [0.15, 0.2) is 30.7 Å². The number of benzene rings is 1. The molecule has 2 aliphatic heterocycles. The normalized spacial score (nSPS) is 21.9. The summed E-state index contributed by atoms with van der Waals surface area (Å²) in [5.41, 5.74) is 1.53. The maximum Gasteiger partial charge on any atom is 0.238 e. The minimum atomic E-state index is -2.76. The number of nitrogens with one attached hydrogen (secondary N) is 1. The van der Waals surface area contributed by atoms with Crippen molar-refractivity contribution in [2.24, 2.45) is 0 Å². The van der Waals surface area contributed by atoms with E-state index in [4.69, 9.17) is 9.47 Å². The van der Waals surface area contributed by atoms with Crippen molar-refractivity contribution in [3.63, 3.8) is 0 Å². The topological polar surface area (TPSA) is 122 Å². The summed E-state index contributed by atoms with van der Waals surface area (Å²) in [5.74, 6) is -2.38. The molecule has 1 spiro atoms. The Labute approximate surface area is 225 Å². The molecule has 1 aliphatic carbocycles. The summed E-state index contributed by atoms with van der Waals surface area (Å²) < 4.78 is 65.3. The predicted octanol–water partition coefficient (Wildman–Crippen LogP) is 4.24. The number of ether oxygens (including phenoxy) is 2. The van der Waals surface area contributed by atoms with Gasteiger partial charge in [-0.2, -0.15) is 5.10 Å². The Morgan fingerprint density at radius 1 is 1.15 bits per heavy atom. The summed E-state index contributed by atoms with van der Waals surface area (Å²) in [4.78, 5) is 19.4. The molecule has 3 aromatic rings. The molecule has 10 nitrogen and oxygen atoms in total. The minimum absolute atomic E-state index is 0.0492. The van der Waals surface area contributed by atoms with Crippen LogP contribution < -0.4 is 19.1 Å². The van der Waals surface area contributed by atoms with E-state index in [-0.39, 0.29) is 30.0 Å².